The van der Waals surface area contributed by atoms with E-state index in [-0.39, 0.29) is 0 Å². The van der Waals surface area contributed by atoms with Gasteiger partial charge in [0.2, 0.25) is 12.7 Å². The molecule has 3 aliphatic heterocycles. The number of piperidine rings is 1. The van der Waals surface area contributed by atoms with Crippen molar-refractivity contribution in [3.05, 3.63) is 22.2 Å². The molecular formula is C19H25BrN2O3. The van der Waals surface area contributed by atoms with Gasteiger partial charge < -0.3 is 14.4 Å². The minimum atomic E-state index is 0.307. The number of fused-ring (bicyclic) bond motifs is 1. The van der Waals surface area contributed by atoms with Gasteiger partial charge >= 0.3 is 0 Å². The van der Waals surface area contributed by atoms with Crippen LogP contribution in [0.2, 0.25) is 0 Å². The van der Waals surface area contributed by atoms with Crippen molar-refractivity contribution in [3.63, 3.8) is 0 Å². The summed E-state index contributed by atoms with van der Waals surface area (Å²) in [6.07, 6.45) is 5.31. The largest absolute Gasteiger partial charge is 0.454 e. The van der Waals surface area contributed by atoms with E-state index in [9.17, 15) is 4.79 Å². The van der Waals surface area contributed by atoms with Crippen molar-refractivity contribution in [1.82, 2.24) is 9.80 Å². The predicted octanol–water partition coefficient (Wildman–Crippen LogP) is 3.40. The zero-order valence-corrected chi connectivity index (χ0v) is 16.1. The molecule has 1 amide bonds. The zero-order chi connectivity index (χ0) is 17.2. The van der Waals surface area contributed by atoms with Crippen LogP contribution in [0.15, 0.2) is 16.6 Å². The molecule has 2 saturated heterocycles. The Labute approximate surface area is 157 Å². The van der Waals surface area contributed by atoms with Gasteiger partial charge in [-0.1, -0.05) is 15.9 Å². The molecule has 3 heterocycles. The lowest BCUT2D eigenvalue weighted by Gasteiger charge is -2.32. The molecule has 3 aliphatic rings. The first-order valence-corrected chi connectivity index (χ1v) is 10.1. The highest BCUT2D eigenvalue weighted by Gasteiger charge is 2.26. The quantitative estimate of drug-likeness (QED) is 0.765. The topological polar surface area (TPSA) is 42.0 Å². The predicted molar refractivity (Wildman–Crippen MR) is 98.7 cm³/mol. The van der Waals surface area contributed by atoms with Crippen LogP contribution < -0.4 is 9.47 Å². The van der Waals surface area contributed by atoms with Crippen LogP contribution in [0, 0.1) is 5.92 Å². The van der Waals surface area contributed by atoms with Crippen LogP contribution in [0.1, 0.15) is 37.7 Å². The van der Waals surface area contributed by atoms with Gasteiger partial charge in [-0.15, -0.1) is 0 Å². The number of halogens is 1. The molecule has 4 rings (SSSR count). The van der Waals surface area contributed by atoms with Crippen LogP contribution in [0.5, 0.6) is 11.5 Å². The molecule has 0 spiro atoms. The third-order valence-corrected chi connectivity index (χ3v) is 6.30. The maximum atomic E-state index is 12.3. The number of ether oxygens (including phenoxy) is 2. The molecule has 0 aromatic heterocycles. The Morgan fingerprint density at radius 1 is 1.08 bits per heavy atom. The average molecular weight is 409 g/mol. The van der Waals surface area contributed by atoms with Crippen molar-refractivity contribution in [1.29, 1.82) is 0 Å². The van der Waals surface area contributed by atoms with Gasteiger partial charge in [0.25, 0.3) is 0 Å². The van der Waals surface area contributed by atoms with E-state index in [1.807, 2.05) is 6.07 Å². The van der Waals surface area contributed by atoms with Crippen molar-refractivity contribution < 1.29 is 14.3 Å². The van der Waals surface area contributed by atoms with Gasteiger partial charge in [-0.3, -0.25) is 9.69 Å². The molecule has 5 nitrogen and oxygen atoms in total. The minimum Gasteiger partial charge on any atom is -0.454 e. The Bertz CT molecular complexity index is 638. The van der Waals surface area contributed by atoms with Gasteiger partial charge in [0.1, 0.15) is 0 Å². The average Bonchev–Trinajstić information content (AvgIpc) is 3.28. The van der Waals surface area contributed by atoms with Crippen LogP contribution >= 0.6 is 15.9 Å². The van der Waals surface area contributed by atoms with Gasteiger partial charge in [0.05, 0.1) is 0 Å². The SMILES string of the molecule is O=C(CC1CCN(Cc2cc3c(cc2Br)OCO3)CC1)N1CCCC1. The number of nitrogens with zero attached hydrogens (tertiary/aromatic N) is 2. The van der Waals surface area contributed by atoms with Crippen LogP contribution in [0.25, 0.3) is 0 Å². The lowest BCUT2D eigenvalue weighted by atomic mass is 9.92. The van der Waals surface area contributed by atoms with Gasteiger partial charge in [0, 0.05) is 30.5 Å². The molecule has 0 unspecified atom stereocenters. The number of likely N-dealkylation sites (tertiary alicyclic amines) is 2. The summed E-state index contributed by atoms with van der Waals surface area (Å²) in [5.74, 6) is 2.57. The van der Waals surface area contributed by atoms with Crippen molar-refractivity contribution in [2.45, 2.75) is 38.6 Å². The molecular weight excluding hydrogens is 384 g/mol. The summed E-state index contributed by atoms with van der Waals surface area (Å²) >= 11 is 3.65. The fourth-order valence-corrected chi connectivity index (χ4v) is 4.46. The lowest BCUT2D eigenvalue weighted by Crippen LogP contribution is -2.36. The van der Waals surface area contributed by atoms with Crippen LogP contribution in [0.3, 0.4) is 0 Å². The molecule has 1 aromatic rings. The second-order valence-corrected chi connectivity index (χ2v) is 8.16. The number of hydrogen-bond acceptors (Lipinski definition) is 4. The fourth-order valence-electron chi connectivity index (χ4n) is 4.01. The first-order valence-electron chi connectivity index (χ1n) is 9.27. The third-order valence-electron chi connectivity index (χ3n) is 5.56. The van der Waals surface area contributed by atoms with Crippen LogP contribution in [-0.2, 0) is 11.3 Å². The van der Waals surface area contributed by atoms with E-state index in [1.165, 1.54) is 18.4 Å². The molecule has 1 aromatic carbocycles. The number of benzene rings is 1. The molecule has 0 atom stereocenters. The third kappa shape index (κ3) is 3.95. The van der Waals surface area contributed by atoms with Gasteiger partial charge in [-0.2, -0.15) is 0 Å². The second-order valence-electron chi connectivity index (χ2n) is 7.31. The second kappa shape index (κ2) is 7.54. The molecule has 0 saturated carbocycles. The van der Waals surface area contributed by atoms with Crippen molar-refractivity contribution >= 4 is 21.8 Å². The molecule has 0 N–H and O–H groups in total. The van der Waals surface area contributed by atoms with E-state index < -0.39 is 0 Å². The number of amides is 1. The summed E-state index contributed by atoms with van der Waals surface area (Å²) < 4.78 is 12.0. The highest BCUT2D eigenvalue weighted by atomic mass is 79.9. The van der Waals surface area contributed by atoms with E-state index in [0.717, 1.165) is 68.0 Å². The standard InChI is InChI=1S/C19H25BrN2O3/c20-16-11-18-17(24-13-25-18)10-15(16)12-21-7-3-14(4-8-21)9-19(23)22-5-1-2-6-22/h10-11,14H,1-9,12-13H2. The highest BCUT2D eigenvalue weighted by molar-refractivity contribution is 9.10. The van der Waals surface area contributed by atoms with Crippen LogP contribution in [-0.4, -0.2) is 48.7 Å². The Kier molecular flexibility index (Phi) is 5.17. The number of hydrogen-bond donors (Lipinski definition) is 0. The van der Waals surface area contributed by atoms with Gasteiger partial charge in [-0.25, -0.2) is 0 Å². The van der Waals surface area contributed by atoms with E-state index in [0.29, 0.717) is 18.6 Å². The first kappa shape index (κ1) is 17.2. The molecule has 0 bridgehead atoms. The molecule has 0 aliphatic carbocycles. The number of carbonyl (C=O) groups excluding carboxylic acids is 1. The molecule has 0 radical (unpaired) electrons. The van der Waals surface area contributed by atoms with Crippen molar-refractivity contribution in [2.24, 2.45) is 5.92 Å². The van der Waals surface area contributed by atoms with E-state index in [4.69, 9.17) is 9.47 Å². The summed E-state index contributed by atoms with van der Waals surface area (Å²) in [6.45, 7) is 5.26. The first-order chi connectivity index (χ1) is 12.2. The molecule has 136 valence electrons. The number of carbonyl (C=O) groups is 1. The van der Waals surface area contributed by atoms with Gasteiger partial charge in [0.15, 0.2) is 11.5 Å². The summed E-state index contributed by atoms with van der Waals surface area (Å²) in [5, 5.41) is 0. The Morgan fingerprint density at radius 3 is 2.48 bits per heavy atom. The molecule has 2 fully saturated rings. The fraction of sp³-hybridized carbons (Fsp3) is 0.632. The lowest BCUT2D eigenvalue weighted by molar-refractivity contribution is -0.131. The number of rotatable bonds is 4. The minimum absolute atomic E-state index is 0.307. The summed E-state index contributed by atoms with van der Waals surface area (Å²) in [6, 6.07) is 4.08. The van der Waals surface area contributed by atoms with Crippen molar-refractivity contribution in [3.8, 4) is 11.5 Å². The summed E-state index contributed by atoms with van der Waals surface area (Å²) in [4.78, 5) is 16.8. The van der Waals surface area contributed by atoms with E-state index >= 15 is 0 Å². The molecule has 6 heteroatoms. The van der Waals surface area contributed by atoms with E-state index in [1.54, 1.807) is 0 Å². The van der Waals surface area contributed by atoms with Gasteiger partial charge in [-0.05, 0) is 62.4 Å². The highest BCUT2D eigenvalue weighted by Crippen LogP contribution is 2.37. The Balaban J connectivity index is 1.28. The Morgan fingerprint density at radius 2 is 1.76 bits per heavy atom. The maximum absolute atomic E-state index is 12.3. The zero-order valence-electron chi connectivity index (χ0n) is 14.5. The van der Waals surface area contributed by atoms with E-state index in [2.05, 4.69) is 31.8 Å². The maximum Gasteiger partial charge on any atom is 0.231 e. The normalized spacial score (nSPS) is 21.1. The van der Waals surface area contributed by atoms with Crippen LogP contribution in [0.4, 0.5) is 0 Å². The smallest absolute Gasteiger partial charge is 0.231 e. The van der Waals surface area contributed by atoms with Crippen molar-refractivity contribution in [2.75, 3.05) is 33.0 Å². The monoisotopic (exact) mass is 408 g/mol. The molecule has 25 heavy (non-hydrogen) atoms. The summed E-state index contributed by atoms with van der Waals surface area (Å²) in [7, 11) is 0. The Hall–Kier alpha value is -1.27. The summed E-state index contributed by atoms with van der Waals surface area (Å²) in [5.41, 5.74) is 1.23.